The van der Waals surface area contributed by atoms with Gasteiger partial charge in [-0.15, -0.1) is 0 Å². The van der Waals surface area contributed by atoms with Gasteiger partial charge < -0.3 is 15.2 Å². The van der Waals surface area contributed by atoms with Crippen LogP contribution in [-0.4, -0.2) is 29.6 Å². The number of carboxylic acid groups (broad SMARTS) is 1. The summed E-state index contributed by atoms with van der Waals surface area (Å²) < 4.78 is 6.34. The van der Waals surface area contributed by atoms with E-state index < -0.39 is 5.97 Å². The van der Waals surface area contributed by atoms with Gasteiger partial charge in [0.1, 0.15) is 5.75 Å². The smallest absolute Gasteiger partial charge is 0.328 e. The number of ether oxygens (including phenoxy) is 1. The Morgan fingerprint density at radius 2 is 2.19 bits per heavy atom. The van der Waals surface area contributed by atoms with Gasteiger partial charge in [0, 0.05) is 17.7 Å². The quantitative estimate of drug-likeness (QED) is 0.738. The largest absolute Gasteiger partial charge is 0.491 e. The van der Waals surface area contributed by atoms with E-state index in [1.165, 1.54) is 6.08 Å². The lowest BCUT2D eigenvalue weighted by atomic mass is 10.2. The molecule has 1 aliphatic rings. The Labute approximate surface area is 131 Å². The zero-order valence-corrected chi connectivity index (χ0v) is 12.9. The molecule has 5 nitrogen and oxygen atoms in total. The molecule has 1 fully saturated rings. The highest BCUT2D eigenvalue weighted by Gasteiger charge is 2.22. The van der Waals surface area contributed by atoms with Crippen molar-refractivity contribution in [3.63, 3.8) is 0 Å². The Kier molecular flexibility index (Phi) is 5.38. The summed E-state index contributed by atoms with van der Waals surface area (Å²) >= 11 is 3.36. The Morgan fingerprint density at radius 1 is 1.43 bits per heavy atom. The van der Waals surface area contributed by atoms with Gasteiger partial charge in [0.2, 0.25) is 5.91 Å². The maximum atomic E-state index is 11.6. The Hall–Kier alpha value is -1.82. The summed E-state index contributed by atoms with van der Waals surface area (Å²) in [6.07, 6.45) is 4.91. The van der Waals surface area contributed by atoms with E-state index in [-0.39, 0.29) is 18.9 Å². The first-order chi connectivity index (χ1) is 10.1. The molecule has 2 rings (SSSR count). The number of nitrogens with one attached hydrogen (secondary N) is 1. The van der Waals surface area contributed by atoms with E-state index in [1.807, 2.05) is 0 Å². The van der Waals surface area contributed by atoms with Crippen LogP contribution in [0.2, 0.25) is 0 Å². The first kappa shape index (κ1) is 15.6. The molecule has 0 unspecified atom stereocenters. The molecule has 2 N–H and O–H groups in total. The van der Waals surface area contributed by atoms with Crippen molar-refractivity contribution in [3.8, 4) is 5.75 Å². The lowest BCUT2D eigenvalue weighted by Gasteiger charge is -2.11. The molecule has 0 aliphatic heterocycles. The Bertz CT molecular complexity index is 567. The highest BCUT2D eigenvalue weighted by molar-refractivity contribution is 9.10. The van der Waals surface area contributed by atoms with Gasteiger partial charge in [-0.2, -0.15) is 0 Å². The molecular weight excluding hydrogens is 338 g/mol. The van der Waals surface area contributed by atoms with Gasteiger partial charge in [-0.05, 0) is 40.9 Å². The summed E-state index contributed by atoms with van der Waals surface area (Å²) in [6.45, 7) is 0.245. The molecule has 0 saturated heterocycles. The second-order valence-electron chi connectivity index (χ2n) is 4.77. The first-order valence-corrected chi connectivity index (χ1v) is 7.47. The van der Waals surface area contributed by atoms with E-state index >= 15 is 0 Å². The number of carbonyl (C=O) groups excluding carboxylic acids is 1. The van der Waals surface area contributed by atoms with Crippen LogP contribution in [0.4, 0.5) is 0 Å². The summed E-state index contributed by atoms with van der Waals surface area (Å²) in [5.41, 5.74) is 0.648. The number of halogens is 1. The highest BCUT2D eigenvalue weighted by Crippen LogP contribution is 2.30. The standard InChI is InChI=1S/C15H16BrNO4/c16-12-3-1-2-10(4-7-14(19)20)15(12)21-9-8-13(18)17-11-5-6-11/h1-4,7,11H,5-6,8-9H2,(H,17,18)(H,19,20)/b7-4+. The van der Waals surface area contributed by atoms with E-state index in [9.17, 15) is 9.59 Å². The van der Waals surface area contributed by atoms with Crippen LogP contribution in [0, 0.1) is 0 Å². The van der Waals surface area contributed by atoms with Gasteiger partial charge >= 0.3 is 5.97 Å². The number of amides is 1. The summed E-state index contributed by atoms with van der Waals surface area (Å²) in [5, 5.41) is 11.6. The van der Waals surface area contributed by atoms with E-state index in [2.05, 4.69) is 21.2 Å². The predicted octanol–water partition coefficient (Wildman–Crippen LogP) is 2.59. The summed E-state index contributed by atoms with van der Waals surface area (Å²) in [7, 11) is 0. The molecule has 0 aromatic heterocycles. The number of benzene rings is 1. The molecule has 1 amide bonds. The molecule has 1 aromatic carbocycles. The van der Waals surface area contributed by atoms with E-state index in [4.69, 9.17) is 9.84 Å². The topological polar surface area (TPSA) is 75.6 Å². The third kappa shape index (κ3) is 5.23. The first-order valence-electron chi connectivity index (χ1n) is 6.68. The Morgan fingerprint density at radius 3 is 2.86 bits per heavy atom. The molecule has 0 radical (unpaired) electrons. The average molecular weight is 354 g/mol. The number of rotatable bonds is 7. The van der Waals surface area contributed by atoms with Crippen LogP contribution < -0.4 is 10.1 Å². The third-order valence-corrected chi connectivity index (χ3v) is 3.55. The molecule has 21 heavy (non-hydrogen) atoms. The van der Waals surface area contributed by atoms with Crippen molar-refractivity contribution in [3.05, 3.63) is 34.3 Å². The minimum absolute atomic E-state index is 0.0211. The SMILES string of the molecule is O=C(O)/C=C/c1cccc(Br)c1OCCC(=O)NC1CC1. The number of carbonyl (C=O) groups is 2. The van der Waals surface area contributed by atoms with Crippen molar-refractivity contribution in [1.29, 1.82) is 0 Å². The second-order valence-corrected chi connectivity index (χ2v) is 5.62. The minimum atomic E-state index is -1.02. The normalized spacial score (nSPS) is 14.1. The number of para-hydroxylation sites is 1. The van der Waals surface area contributed by atoms with Gasteiger partial charge in [-0.3, -0.25) is 4.79 Å². The van der Waals surface area contributed by atoms with Gasteiger partial charge in [0.05, 0.1) is 17.5 Å². The summed E-state index contributed by atoms with van der Waals surface area (Å²) in [6, 6.07) is 5.69. The molecule has 1 aromatic rings. The molecule has 0 atom stereocenters. The van der Waals surface area contributed by atoms with Crippen molar-refractivity contribution in [2.75, 3.05) is 6.61 Å². The van der Waals surface area contributed by atoms with Gasteiger partial charge in [0.15, 0.2) is 0 Å². The van der Waals surface area contributed by atoms with E-state index in [0.717, 1.165) is 23.4 Å². The van der Waals surface area contributed by atoms with Crippen LogP contribution in [-0.2, 0) is 9.59 Å². The van der Waals surface area contributed by atoms with Crippen LogP contribution in [0.15, 0.2) is 28.7 Å². The molecule has 6 heteroatoms. The van der Waals surface area contributed by atoms with Crippen molar-refractivity contribution in [2.45, 2.75) is 25.3 Å². The van der Waals surface area contributed by atoms with Gasteiger partial charge in [-0.1, -0.05) is 12.1 Å². The van der Waals surface area contributed by atoms with Crippen molar-refractivity contribution in [2.24, 2.45) is 0 Å². The number of carboxylic acids is 1. The third-order valence-electron chi connectivity index (χ3n) is 2.92. The molecule has 0 bridgehead atoms. The summed E-state index contributed by atoms with van der Waals surface area (Å²) in [5.74, 6) is -0.508. The maximum Gasteiger partial charge on any atom is 0.328 e. The zero-order chi connectivity index (χ0) is 15.2. The second kappa shape index (κ2) is 7.26. The summed E-state index contributed by atoms with van der Waals surface area (Å²) in [4.78, 5) is 22.2. The lowest BCUT2D eigenvalue weighted by Crippen LogP contribution is -2.26. The lowest BCUT2D eigenvalue weighted by molar-refractivity contribution is -0.131. The molecule has 0 heterocycles. The van der Waals surface area contributed by atoms with Gasteiger partial charge in [0.25, 0.3) is 0 Å². The van der Waals surface area contributed by atoms with Crippen LogP contribution in [0.3, 0.4) is 0 Å². The molecule has 1 saturated carbocycles. The minimum Gasteiger partial charge on any atom is -0.491 e. The van der Waals surface area contributed by atoms with Crippen molar-refractivity contribution < 1.29 is 19.4 Å². The zero-order valence-electron chi connectivity index (χ0n) is 11.3. The van der Waals surface area contributed by atoms with Crippen molar-refractivity contribution in [1.82, 2.24) is 5.32 Å². The predicted molar refractivity (Wildman–Crippen MR) is 82.1 cm³/mol. The van der Waals surface area contributed by atoms with Gasteiger partial charge in [-0.25, -0.2) is 4.79 Å². The molecular formula is C15H16BrNO4. The fourth-order valence-corrected chi connectivity index (χ4v) is 2.24. The molecule has 112 valence electrons. The maximum absolute atomic E-state index is 11.6. The van der Waals surface area contributed by atoms with Crippen molar-refractivity contribution >= 4 is 33.9 Å². The number of aliphatic carboxylic acids is 1. The fraction of sp³-hybridized carbons (Fsp3) is 0.333. The Balaban J connectivity index is 1.94. The molecule has 0 spiro atoms. The fourth-order valence-electron chi connectivity index (χ4n) is 1.74. The van der Waals surface area contributed by atoms with Crippen LogP contribution in [0.1, 0.15) is 24.8 Å². The van der Waals surface area contributed by atoms with E-state index in [0.29, 0.717) is 17.4 Å². The average Bonchev–Trinajstić information content (AvgIpc) is 3.22. The highest BCUT2D eigenvalue weighted by atomic mass is 79.9. The van der Waals surface area contributed by atoms with Crippen LogP contribution >= 0.6 is 15.9 Å². The van der Waals surface area contributed by atoms with Crippen LogP contribution in [0.25, 0.3) is 6.08 Å². The number of hydrogen-bond acceptors (Lipinski definition) is 3. The molecule has 1 aliphatic carbocycles. The van der Waals surface area contributed by atoms with Crippen LogP contribution in [0.5, 0.6) is 5.75 Å². The van der Waals surface area contributed by atoms with E-state index in [1.54, 1.807) is 18.2 Å². The number of hydrogen-bond donors (Lipinski definition) is 2. The monoisotopic (exact) mass is 353 g/mol.